The van der Waals surface area contributed by atoms with E-state index in [4.69, 9.17) is 9.47 Å². The summed E-state index contributed by atoms with van der Waals surface area (Å²) in [6, 6.07) is 14.0. The van der Waals surface area contributed by atoms with Gasteiger partial charge in [-0.25, -0.2) is 4.98 Å². The number of aliphatic carboxylic acids is 1. The van der Waals surface area contributed by atoms with Crippen molar-refractivity contribution < 1.29 is 37.3 Å². The highest BCUT2D eigenvalue weighted by molar-refractivity contribution is 5.83. The highest BCUT2D eigenvalue weighted by Gasteiger charge is 2.51. The lowest BCUT2D eigenvalue weighted by atomic mass is 9.93. The van der Waals surface area contributed by atoms with Gasteiger partial charge in [-0.3, -0.25) is 9.59 Å². The highest BCUT2D eigenvalue weighted by Crippen LogP contribution is 2.49. The number of nitrogens with zero attached hydrogens (tertiary/aromatic N) is 1. The number of fused-ring (bicyclic) bond motifs is 1. The number of carbonyl (C=O) groups excluding carboxylic acids is 1. The number of halogens is 3. The third-order valence-electron chi connectivity index (χ3n) is 5.85. The first-order valence-electron chi connectivity index (χ1n) is 10.8. The second kappa shape index (κ2) is 9.32. The van der Waals surface area contributed by atoms with E-state index in [1.807, 2.05) is 0 Å². The minimum Gasteiger partial charge on any atom is -0.489 e. The standard InChI is InChI=1S/C25H22F3NO5/c1-2-33-24(32)22(18-12-19(18)23(30)31)14-7-9-16(10-8-14)34-13-15-11-21(25(26,27)28)29-20-6-4-3-5-17(15)20/h3-11,18-19,22H,2,12-13H2,1H3,(H,30,31)/t18-,19+,22?/m1/s1. The number of benzene rings is 2. The summed E-state index contributed by atoms with van der Waals surface area (Å²) < 4.78 is 50.7. The van der Waals surface area contributed by atoms with Crippen LogP contribution in [0.1, 0.15) is 36.1 Å². The van der Waals surface area contributed by atoms with Gasteiger partial charge in [0.05, 0.1) is 24.0 Å². The van der Waals surface area contributed by atoms with E-state index in [1.165, 1.54) is 6.07 Å². The van der Waals surface area contributed by atoms with E-state index in [1.54, 1.807) is 49.4 Å². The molecular formula is C25H22F3NO5. The average molecular weight is 473 g/mol. The number of rotatable bonds is 8. The van der Waals surface area contributed by atoms with E-state index < -0.39 is 35.6 Å². The quantitative estimate of drug-likeness (QED) is 0.453. The third kappa shape index (κ3) is 4.98. The van der Waals surface area contributed by atoms with Gasteiger partial charge in [0, 0.05) is 10.9 Å². The van der Waals surface area contributed by atoms with E-state index in [2.05, 4.69) is 4.98 Å². The zero-order valence-electron chi connectivity index (χ0n) is 18.2. The molecule has 6 nitrogen and oxygen atoms in total. The van der Waals surface area contributed by atoms with Gasteiger partial charge in [0.1, 0.15) is 18.1 Å². The molecule has 0 saturated heterocycles. The molecule has 1 saturated carbocycles. The first kappa shape index (κ1) is 23.5. The smallest absolute Gasteiger partial charge is 0.433 e. The number of para-hydroxylation sites is 1. The van der Waals surface area contributed by atoms with Gasteiger partial charge in [-0.05, 0) is 49.1 Å². The van der Waals surface area contributed by atoms with Crippen molar-refractivity contribution in [1.29, 1.82) is 0 Å². The Bertz CT molecular complexity index is 1210. The molecule has 3 atom stereocenters. The third-order valence-corrected chi connectivity index (χ3v) is 5.85. The van der Waals surface area contributed by atoms with Gasteiger partial charge in [0.15, 0.2) is 0 Å². The van der Waals surface area contributed by atoms with Gasteiger partial charge in [0.2, 0.25) is 0 Å². The van der Waals surface area contributed by atoms with Gasteiger partial charge in [-0.15, -0.1) is 0 Å². The average Bonchev–Trinajstić information content (AvgIpc) is 3.58. The minimum atomic E-state index is -4.58. The maximum absolute atomic E-state index is 13.3. The normalized spacial score (nSPS) is 18.4. The first-order chi connectivity index (χ1) is 16.2. The molecule has 0 bridgehead atoms. The molecule has 1 aliphatic rings. The monoisotopic (exact) mass is 473 g/mol. The molecule has 0 amide bonds. The van der Waals surface area contributed by atoms with Gasteiger partial charge in [-0.1, -0.05) is 30.3 Å². The Balaban J connectivity index is 1.54. The van der Waals surface area contributed by atoms with E-state index in [9.17, 15) is 27.9 Å². The van der Waals surface area contributed by atoms with Crippen LogP contribution < -0.4 is 4.74 Å². The van der Waals surface area contributed by atoms with Crippen molar-refractivity contribution in [3.05, 3.63) is 71.4 Å². The van der Waals surface area contributed by atoms with E-state index in [0.717, 1.165) is 6.07 Å². The second-order valence-corrected chi connectivity index (χ2v) is 8.11. The molecule has 9 heteroatoms. The summed E-state index contributed by atoms with van der Waals surface area (Å²) >= 11 is 0. The summed E-state index contributed by atoms with van der Waals surface area (Å²) in [4.78, 5) is 27.5. The first-order valence-corrected chi connectivity index (χ1v) is 10.8. The molecule has 34 heavy (non-hydrogen) atoms. The number of esters is 1. The Labute approximate surface area is 193 Å². The van der Waals surface area contributed by atoms with Crippen LogP contribution >= 0.6 is 0 Å². The zero-order valence-corrected chi connectivity index (χ0v) is 18.2. The number of hydrogen-bond acceptors (Lipinski definition) is 5. The number of aromatic nitrogens is 1. The summed E-state index contributed by atoms with van der Waals surface area (Å²) in [5, 5.41) is 9.81. The van der Waals surface area contributed by atoms with Crippen molar-refractivity contribution in [3.63, 3.8) is 0 Å². The fraction of sp³-hybridized carbons (Fsp3) is 0.320. The number of alkyl halides is 3. The molecule has 3 aromatic rings. The van der Waals surface area contributed by atoms with Crippen LogP contribution in [-0.4, -0.2) is 28.6 Å². The Morgan fingerprint density at radius 1 is 1.15 bits per heavy atom. The van der Waals surface area contributed by atoms with Crippen LogP contribution in [0.5, 0.6) is 5.75 Å². The summed E-state index contributed by atoms with van der Waals surface area (Å²) in [7, 11) is 0. The van der Waals surface area contributed by atoms with Crippen LogP contribution in [0.4, 0.5) is 13.2 Å². The summed E-state index contributed by atoms with van der Waals surface area (Å²) in [5.41, 5.74) is 0.178. The Hall–Kier alpha value is -3.62. The van der Waals surface area contributed by atoms with Crippen molar-refractivity contribution in [2.75, 3.05) is 6.61 Å². The fourth-order valence-corrected chi connectivity index (χ4v) is 4.10. The predicted molar refractivity (Wildman–Crippen MR) is 116 cm³/mol. The molecule has 0 aliphatic heterocycles. The molecule has 178 valence electrons. The summed E-state index contributed by atoms with van der Waals surface area (Å²) in [6.45, 7) is 1.75. The van der Waals surface area contributed by atoms with Crippen molar-refractivity contribution in [2.24, 2.45) is 11.8 Å². The zero-order chi connectivity index (χ0) is 24.5. The van der Waals surface area contributed by atoms with Gasteiger partial charge in [-0.2, -0.15) is 13.2 Å². The molecular weight excluding hydrogens is 451 g/mol. The van der Waals surface area contributed by atoms with Crippen LogP contribution in [0.25, 0.3) is 10.9 Å². The van der Waals surface area contributed by atoms with Crippen molar-refractivity contribution in [2.45, 2.75) is 32.0 Å². The number of hydrogen-bond donors (Lipinski definition) is 1. The molecule has 0 spiro atoms. The molecule has 1 N–H and O–H groups in total. The largest absolute Gasteiger partial charge is 0.489 e. The van der Waals surface area contributed by atoms with E-state index in [-0.39, 0.29) is 24.6 Å². The lowest BCUT2D eigenvalue weighted by Gasteiger charge is -2.17. The molecule has 1 heterocycles. The molecule has 1 fully saturated rings. The van der Waals surface area contributed by atoms with E-state index in [0.29, 0.717) is 28.7 Å². The van der Waals surface area contributed by atoms with Crippen LogP contribution in [0, 0.1) is 11.8 Å². The Morgan fingerprint density at radius 3 is 2.47 bits per heavy atom. The van der Waals surface area contributed by atoms with Gasteiger partial charge >= 0.3 is 18.1 Å². The topological polar surface area (TPSA) is 85.7 Å². The number of carbonyl (C=O) groups is 2. The lowest BCUT2D eigenvalue weighted by Crippen LogP contribution is -2.20. The fourth-order valence-electron chi connectivity index (χ4n) is 4.10. The SMILES string of the molecule is CCOC(=O)C(c1ccc(OCc2cc(C(F)(F)F)nc3ccccc23)cc1)[C@@H]1C[C@@H]1C(=O)O. The number of carboxylic acids is 1. The second-order valence-electron chi connectivity index (χ2n) is 8.11. The molecule has 4 rings (SSSR count). The van der Waals surface area contributed by atoms with E-state index >= 15 is 0 Å². The number of ether oxygens (including phenoxy) is 2. The van der Waals surface area contributed by atoms with Crippen molar-refractivity contribution in [1.82, 2.24) is 4.98 Å². The molecule has 1 aromatic heterocycles. The Kier molecular flexibility index (Phi) is 6.45. The molecule has 1 aliphatic carbocycles. The number of pyridine rings is 1. The van der Waals surface area contributed by atoms with Gasteiger partial charge < -0.3 is 14.6 Å². The van der Waals surface area contributed by atoms with Crippen molar-refractivity contribution in [3.8, 4) is 5.75 Å². The van der Waals surface area contributed by atoms with Crippen LogP contribution in [0.3, 0.4) is 0 Å². The summed E-state index contributed by atoms with van der Waals surface area (Å²) in [5.74, 6) is -2.66. The van der Waals surface area contributed by atoms with Crippen LogP contribution in [-0.2, 0) is 27.1 Å². The summed E-state index contributed by atoms with van der Waals surface area (Å²) in [6.07, 6.45) is -4.19. The molecule has 0 radical (unpaired) electrons. The van der Waals surface area contributed by atoms with Crippen LogP contribution in [0.15, 0.2) is 54.6 Å². The van der Waals surface area contributed by atoms with Gasteiger partial charge in [0.25, 0.3) is 0 Å². The van der Waals surface area contributed by atoms with Crippen LogP contribution in [0.2, 0.25) is 0 Å². The highest BCUT2D eigenvalue weighted by atomic mass is 19.4. The molecule has 1 unspecified atom stereocenters. The predicted octanol–water partition coefficient (Wildman–Crippen LogP) is 5.20. The maximum atomic E-state index is 13.3. The Morgan fingerprint density at radius 2 is 1.85 bits per heavy atom. The lowest BCUT2D eigenvalue weighted by molar-refractivity contribution is -0.146. The number of carboxylic acid groups (broad SMARTS) is 1. The minimum absolute atomic E-state index is 0.115. The maximum Gasteiger partial charge on any atom is 0.433 e. The van der Waals surface area contributed by atoms with Crippen molar-refractivity contribution >= 4 is 22.8 Å². The molecule has 2 aromatic carbocycles.